The molecule has 1 fully saturated rings. The van der Waals surface area contributed by atoms with Crippen LogP contribution in [0.5, 0.6) is 0 Å². The summed E-state index contributed by atoms with van der Waals surface area (Å²) in [5.41, 5.74) is 0.297. The van der Waals surface area contributed by atoms with E-state index in [1.165, 1.54) is 31.4 Å². The van der Waals surface area contributed by atoms with Crippen molar-refractivity contribution in [1.82, 2.24) is 0 Å². The molecule has 0 unspecified atom stereocenters. The van der Waals surface area contributed by atoms with Gasteiger partial charge >= 0.3 is 5.97 Å². The molecule has 0 bridgehead atoms. The van der Waals surface area contributed by atoms with Crippen molar-refractivity contribution >= 4 is 29.2 Å². The van der Waals surface area contributed by atoms with Crippen molar-refractivity contribution in [2.45, 2.75) is 18.0 Å². The second kappa shape index (κ2) is 8.78. The van der Waals surface area contributed by atoms with Crippen LogP contribution in [0.15, 0.2) is 84.9 Å². The van der Waals surface area contributed by atoms with Crippen molar-refractivity contribution in [2.24, 2.45) is 5.41 Å². The van der Waals surface area contributed by atoms with Gasteiger partial charge in [0.15, 0.2) is 11.2 Å². The molecule has 2 aliphatic heterocycles. The number of Topliss-reactive ketones (excluding diaryl/α,β-unsaturated/α-hetero) is 1. The molecule has 2 heterocycles. The molecule has 0 aliphatic carbocycles. The molecule has 8 nitrogen and oxygen atoms in total. The number of methoxy groups -OCH3 is 1. The first-order chi connectivity index (χ1) is 17.4. The van der Waals surface area contributed by atoms with Crippen LogP contribution in [0.25, 0.3) is 6.08 Å². The maximum atomic E-state index is 14.2. The fraction of sp³-hybridized carbons (Fsp3) is 0.179. The number of hydrogen-bond acceptors (Lipinski definition) is 7. The van der Waals surface area contributed by atoms with Crippen LogP contribution in [0.2, 0.25) is 0 Å². The van der Waals surface area contributed by atoms with Gasteiger partial charge in [0.2, 0.25) is 0 Å². The minimum atomic E-state index is -1.75. The zero-order chi connectivity index (χ0) is 25.4. The summed E-state index contributed by atoms with van der Waals surface area (Å²) in [6.45, 7) is 0. The second-order valence-electron chi connectivity index (χ2n) is 8.75. The lowest BCUT2D eigenvalue weighted by atomic mass is 9.68. The van der Waals surface area contributed by atoms with Gasteiger partial charge in [0.1, 0.15) is 6.04 Å². The number of ether oxygens (including phenoxy) is 1. The van der Waals surface area contributed by atoms with E-state index in [9.17, 15) is 25.0 Å². The Balaban J connectivity index is 1.80. The highest BCUT2D eigenvalue weighted by atomic mass is 16.6. The average molecular weight is 479 g/mol. The van der Waals surface area contributed by atoms with Crippen molar-refractivity contribution in [3.05, 3.63) is 112 Å². The van der Waals surface area contributed by atoms with E-state index >= 15 is 0 Å². The van der Waals surface area contributed by atoms with Crippen molar-refractivity contribution < 1.29 is 19.2 Å². The lowest BCUT2D eigenvalue weighted by Gasteiger charge is -2.36. The van der Waals surface area contributed by atoms with E-state index in [2.05, 4.69) is 6.07 Å². The summed E-state index contributed by atoms with van der Waals surface area (Å²) in [5, 5.41) is 22.0. The average Bonchev–Trinajstić information content (AvgIpc) is 3.24. The van der Waals surface area contributed by atoms with Crippen molar-refractivity contribution in [3.8, 4) is 6.07 Å². The number of nitro benzene ring substituents is 1. The summed E-state index contributed by atoms with van der Waals surface area (Å²) >= 11 is 0. The third-order valence-corrected chi connectivity index (χ3v) is 7.02. The molecule has 0 radical (unpaired) electrons. The standard InChI is InChI=1S/C28H21N3O5/c1-36-27(33)28(17-29)23-15-14-18-8-5-6-13-22(18)30(23)25(24(28)19-9-3-2-4-10-19)26(32)20-11-7-12-21(16-20)31(34)35/h2-16,23-25H,1H3/t23-,24+,25+,28-/m1/s1. The van der Waals surface area contributed by atoms with E-state index in [0.29, 0.717) is 11.3 Å². The van der Waals surface area contributed by atoms with Crippen LogP contribution in [0.3, 0.4) is 0 Å². The normalized spacial score (nSPS) is 23.8. The fourth-order valence-corrected chi connectivity index (χ4v) is 5.51. The van der Waals surface area contributed by atoms with Crippen molar-refractivity contribution in [3.63, 3.8) is 0 Å². The lowest BCUT2D eigenvalue weighted by Crippen LogP contribution is -2.46. The molecule has 1 saturated heterocycles. The largest absolute Gasteiger partial charge is 0.468 e. The van der Waals surface area contributed by atoms with E-state index in [4.69, 9.17) is 4.74 Å². The molecule has 0 aromatic heterocycles. The number of esters is 1. The predicted molar refractivity (Wildman–Crippen MR) is 132 cm³/mol. The summed E-state index contributed by atoms with van der Waals surface area (Å²) in [6, 6.07) is 22.3. The Morgan fingerprint density at radius 1 is 1.06 bits per heavy atom. The second-order valence-corrected chi connectivity index (χ2v) is 8.75. The van der Waals surface area contributed by atoms with E-state index in [0.717, 1.165) is 5.56 Å². The lowest BCUT2D eigenvalue weighted by molar-refractivity contribution is -0.384. The smallest absolute Gasteiger partial charge is 0.329 e. The summed E-state index contributed by atoms with van der Waals surface area (Å²) in [6.07, 6.45) is 3.60. The summed E-state index contributed by atoms with van der Waals surface area (Å²) in [4.78, 5) is 40.4. The number of carbonyl (C=O) groups is 2. The number of nitriles is 1. The Hall–Kier alpha value is -4.77. The van der Waals surface area contributed by atoms with Crippen LogP contribution in [-0.2, 0) is 9.53 Å². The van der Waals surface area contributed by atoms with E-state index < -0.39 is 40.1 Å². The Kier molecular flexibility index (Phi) is 5.61. The van der Waals surface area contributed by atoms with Crippen LogP contribution in [0.1, 0.15) is 27.4 Å². The molecule has 5 rings (SSSR count). The highest BCUT2D eigenvalue weighted by Crippen LogP contribution is 2.56. The number of nitrogens with zero attached hydrogens (tertiary/aromatic N) is 3. The van der Waals surface area contributed by atoms with Gasteiger partial charge in [-0.05, 0) is 17.2 Å². The number of rotatable bonds is 5. The summed E-state index contributed by atoms with van der Waals surface area (Å²) < 4.78 is 5.18. The monoisotopic (exact) mass is 479 g/mol. The molecule has 2 aliphatic rings. The number of benzene rings is 3. The first-order valence-corrected chi connectivity index (χ1v) is 11.3. The number of ketones is 1. The number of para-hydroxylation sites is 1. The maximum Gasteiger partial charge on any atom is 0.329 e. The first kappa shape index (κ1) is 23.0. The van der Waals surface area contributed by atoms with Gasteiger partial charge in [-0.3, -0.25) is 19.7 Å². The van der Waals surface area contributed by atoms with Gasteiger partial charge in [0.25, 0.3) is 5.69 Å². The van der Waals surface area contributed by atoms with Gasteiger partial charge in [0, 0.05) is 29.3 Å². The number of nitro groups is 1. The highest BCUT2D eigenvalue weighted by Gasteiger charge is 2.67. The van der Waals surface area contributed by atoms with E-state index in [-0.39, 0.29) is 11.3 Å². The van der Waals surface area contributed by atoms with Crippen molar-refractivity contribution in [1.29, 1.82) is 5.26 Å². The van der Waals surface area contributed by atoms with E-state index in [1.54, 1.807) is 35.2 Å². The molecule has 3 aromatic carbocycles. The topological polar surface area (TPSA) is 114 Å². The van der Waals surface area contributed by atoms with Crippen LogP contribution in [0, 0.1) is 26.9 Å². The fourth-order valence-electron chi connectivity index (χ4n) is 5.51. The molecular weight excluding hydrogens is 458 g/mol. The van der Waals surface area contributed by atoms with Crippen LogP contribution < -0.4 is 4.90 Å². The molecule has 0 spiro atoms. The van der Waals surface area contributed by atoms with Crippen LogP contribution in [-0.4, -0.2) is 35.9 Å². The van der Waals surface area contributed by atoms with Gasteiger partial charge in [-0.15, -0.1) is 0 Å². The van der Waals surface area contributed by atoms with Gasteiger partial charge in [-0.25, -0.2) is 0 Å². The maximum absolute atomic E-state index is 14.2. The Bertz CT molecular complexity index is 1440. The minimum Gasteiger partial charge on any atom is -0.468 e. The van der Waals surface area contributed by atoms with Crippen molar-refractivity contribution in [2.75, 3.05) is 12.0 Å². The SMILES string of the molecule is COC(=O)[C@@]1(C#N)[C@@H](c2ccccc2)[C@@H](C(=O)c2cccc([N+](=O)[O-])c2)N2c3ccccc3C=C[C@@H]21. The molecule has 178 valence electrons. The molecular formula is C28H21N3O5. The molecule has 0 amide bonds. The Labute approximate surface area is 207 Å². The van der Waals surface area contributed by atoms with Gasteiger partial charge < -0.3 is 9.64 Å². The van der Waals surface area contributed by atoms with Gasteiger partial charge in [-0.2, -0.15) is 5.26 Å². The number of hydrogen-bond donors (Lipinski definition) is 0. The van der Waals surface area contributed by atoms with E-state index in [1.807, 2.05) is 36.4 Å². The first-order valence-electron chi connectivity index (χ1n) is 11.3. The van der Waals surface area contributed by atoms with Gasteiger partial charge in [-0.1, -0.05) is 72.8 Å². The molecule has 8 heteroatoms. The molecule has 0 N–H and O–H groups in total. The Morgan fingerprint density at radius 3 is 2.47 bits per heavy atom. The summed E-state index contributed by atoms with van der Waals surface area (Å²) in [5.74, 6) is -2.08. The molecule has 0 saturated carbocycles. The molecule has 36 heavy (non-hydrogen) atoms. The highest BCUT2D eigenvalue weighted by molar-refractivity contribution is 6.06. The third kappa shape index (κ3) is 3.28. The number of anilines is 1. The molecule has 3 aromatic rings. The number of carbonyl (C=O) groups excluding carboxylic acids is 2. The zero-order valence-electron chi connectivity index (χ0n) is 19.3. The third-order valence-electron chi connectivity index (χ3n) is 7.02. The number of fused-ring (bicyclic) bond motifs is 3. The van der Waals surface area contributed by atoms with Crippen LogP contribution in [0.4, 0.5) is 11.4 Å². The predicted octanol–water partition coefficient (Wildman–Crippen LogP) is 4.53. The minimum absolute atomic E-state index is 0.125. The molecule has 4 atom stereocenters. The number of non-ortho nitro benzene ring substituents is 1. The zero-order valence-corrected chi connectivity index (χ0v) is 19.3. The quantitative estimate of drug-likeness (QED) is 0.229. The van der Waals surface area contributed by atoms with Gasteiger partial charge in [0.05, 0.1) is 24.1 Å². The Morgan fingerprint density at radius 2 is 1.78 bits per heavy atom. The summed E-state index contributed by atoms with van der Waals surface area (Å²) in [7, 11) is 1.23. The van der Waals surface area contributed by atoms with Crippen LogP contribution >= 0.6 is 0 Å².